The minimum atomic E-state index is -1.13. The molecular formula is C20H21ClO5. The Labute approximate surface area is 157 Å². The average Bonchev–Trinajstić information content (AvgIpc) is 2.61. The zero-order valence-electron chi connectivity index (χ0n) is 14.6. The molecule has 2 atom stereocenters. The van der Waals surface area contributed by atoms with E-state index in [0.717, 1.165) is 16.7 Å². The molecule has 26 heavy (non-hydrogen) atoms. The molecule has 2 aromatic carbocycles. The number of carboxylic acids is 1. The zero-order valence-corrected chi connectivity index (χ0v) is 15.4. The maximum absolute atomic E-state index is 11.6. The number of rotatable bonds is 8. The summed E-state index contributed by atoms with van der Waals surface area (Å²) >= 11 is 6.01. The lowest BCUT2D eigenvalue weighted by Crippen LogP contribution is -2.34. The number of aliphatic carboxylic acids is 1. The molecule has 0 spiro atoms. The van der Waals surface area contributed by atoms with Gasteiger partial charge in [-0.1, -0.05) is 48.0 Å². The summed E-state index contributed by atoms with van der Waals surface area (Å²) < 4.78 is 10.2. The first kappa shape index (κ1) is 19.9. The fourth-order valence-corrected chi connectivity index (χ4v) is 2.66. The van der Waals surface area contributed by atoms with Crippen molar-refractivity contribution in [3.05, 3.63) is 59.1 Å². The standard InChI is InChI=1S/C20H21ClO5/c1-3-25-20(24)13(2)26-18(19(22)23)11-14-7-9-15(10-8-14)16-5-4-6-17(21)12-16/h4-10,12-13,18H,3,11H2,1-2H3,(H,22,23)/t13-,18?/m0/s1. The fourth-order valence-electron chi connectivity index (χ4n) is 2.47. The summed E-state index contributed by atoms with van der Waals surface area (Å²) in [5.41, 5.74) is 2.74. The number of hydrogen-bond donors (Lipinski definition) is 1. The Hall–Kier alpha value is -2.37. The van der Waals surface area contributed by atoms with Crippen molar-refractivity contribution in [2.45, 2.75) is 32.5 Å². The molecule has 0 aliphatic rings. The summed E-state index contributed by atoms with van der Waals surface area (Å²) in [5.74, 6) is -1.70. The van der Waals surface area contributed by atoms with Crippen LogP contribution in [0.3, 0.4) is 0 Å². The molecule has 138 valence electrons. The lowest BCUT2D eigenvalue weighted by molar-refractivity contribution is -0.167. The van der Waals surface area contributed by atoms with Crippen molar-refractivity contribution in [1.82, 2.24) is 0 Å². The molecule has 5 nitrogen and oxygen atoms in total. The molecule has 0 amide bonds. The number of ether oxygens (including phenoxy) is 2. The highest BCUT2D eigenvalue weighted by Crippen LogP contribution is 2.23. The summed E-state index contributed by atoms with van der Waals surface area (Å²) in [6.07, 6.45) is -1.93. The van der Waals surface area contributed by atoms with Crippen molar-refractivity contribution in [2.24, 2.45) is 0 Å². The van der Waals surface area contributed by atoms with Crippen molar-refractivity contribution < 1.29 is 24.2 Å². The van der Waals surface area contributed by atoms with Gasteiger partial charge in [0.15, 0.2) is 12.2 Å². The molecule has 0 radical (unpaired) electrons. The molecule has 2 aromatic rings. The van der Waals surface area contributed by atoms with E-state index in [0.29, 0.717) is 5.02 Å². The number of carboxylic acid groups (broad SMARTS) is 1. The molecule has 0 fully saturated rings. The van der Waals surface area contributed by atoms with E-state index in [2.05, 4.69) is 0 Å². The van der Waals surface area contributed by atoms with Crippen molar-refractivity contribution >= 4 is 23.5 Å². The lowest BCUT2D eigenvalue weighted by atomic mass is 10.0. The van der Waals surface area contributed by atoms with Crippen LogP contribution in [0.2, 0.25) is 5.02 Å². The third-order valence-corrected chi connectivity index (χ3v) is 4.03. The van der Waals surface area contributed by atoms with Gasteiger partial charge in [0.25, 0.3) is 0 Å². The van der Waals surface area contributed by atoms with E-state index in [1.54, 1.807) is 13.0 Å². The SMILES string of the molecule is CCOC(=O)[C@H](C)OC(Cc1ccc(-c2cccc(Cl)c2)cc1)C(=O)O. The van der Waals surface area contributed by atoms with Crippen LogP contribution in [0.4, 0.5) is 0 Å². The average molecular weight is 377 g/mol. The number of hydrogen-bond acceptors (Lipinski definition) is 4. The van der Waals surface area contributed by atoms with Gasteiger partial charge in [0.1, 0.15) is 0 Å². The van der Waals surface area contributed by atoms with E-state index in [-0.39, 0.29) is 13.0 Å². The van der Waals surface area contributed by atoms with Crippen LogP contribution in [-0.2, 0) is 25.5 Å². The summed E-state index contributed by atoms with van der Waals surface area (Å²) in [5, 5.41) is 10.0. The summed E-state index contributed by atoms with van der Waals surface area (Å²) in [6.45, 7) is 3.38. The zero-order chi connectivity index (χ0) is 19.1. The van der Waals surface area contributed by atoms with Crippen molar-refractivity contribution in [2.75, 3.05) is 6.61 Å². The molecule has 0 saturated heterocycles. The maximum atomic E-state index is 11.6. The number of carbonyl (C=O) groups excluding carboxylic acids is 1. The Bertz CT molecular complexity index is 757. The van der Waals surface area contributed by atoms with Crippen LogP contribution in [-0.4, -0.2) is 35.9 Å². The predicted octanol–water partition coefficient (Wildman–Crippen LogP) is 3.97. The quantitative estimate of drug-likeness (QED) is 0.706. The fraction of sp³-hybridized carbons (Fsp3) is 0.300. The van der Waals surface area contributed by atoms with Crippen molar-refractivity contribution in [1.29, 1.82) is 0 Å². The highest BCUT2D eigenvalue weighted by atomic mass is 35.5. The summed E-state index contributed by atoms with van der Waals surface area (Å²) in [7, 11) is 0. The maximum Gasteiger partial charge on any atom is 0.334 e. The number of esters is 1. The van der Waals surface area contributed by atoms with Gasteiger partial charge in [-0.15, -0.1) is 0 Å². The molecule has 0 bridgehead atoms. The van der Waals surface area contributed by atoms with Crippen molar-refractivity contribution in [3.63, 3.8) is 0 Å². The second kappa shape index (κ2) is 9.36. The highest BCUT2D eigenvalue weighted by molar-refractivity contribution is 6.30. The predicted molar refractivity (Wildman–Crippen MR) is 99.2 cm³/mol. The third kappa shape index (κ3) is 5.58. The van der Waals surface area contributed by atoms with Gasteiger partial charge >= 0.3 is 11.9 Å². The van der Waals surface area contributed by atoms with E-state index in [1.807, 2.05) is 42.5 Å². The molecular weight excluding hydrogens is 356 g/mol. The number of carbonyl (C=O) groups is 2. The van der Waals surface area contributed by atoms with E-state index >= 15 is 0 Å². The molecule has 1 unspecified atom stereocenters. The molecule has 1 N–H and O–H groups in total. The smallest absolute Gasteiger partial charge is 0.334 e. The number of benzene rings is 2. The molecule has 0 aromatic heterocycles. The van der Waals surface area contributed by atoms with Crippen LogP contribution in [0.25, 0.3) is 11.1 Å². The molecule has 0 aliphatic heterocycles. The largest absolute Gasteiger partial charge is 0.479 e. The van der Waals surface area contributed by atoms with Gasteiger partial charge in [0.2, 0.25) is 0 Å². The van der Waals surface area contributed by atoms with Crippen LogP contribution in [0.15, 0.2) is 48.5 Å². The molecule has 0 aliphatic carbocycles. The van der Waals surface area contributed by atoms with Gasteiger partial charge < -0.3 is 14.6 Å². The van der Waals surface area contributed by atoms with Gasteiger partial charge in [-0.05, 0) is 42.7 Å². The summed E-state index contributed by atoms with van der Waals surface area (Å²) in [4.78, 5) is 23.1. The first-order valence-electron chi connectivity index (χ1n) is 8.30. The minimum absolute atomic E-state index is 0.148. The second-order valence-electron chi connectivity index (χ2n) is 5.77. The Morgan fingerprint density at radius 2 is 1.81 bits per heavy atom. The summed E-state index contributed by atoms with van der Waals surface area (Å²) in [6, 6.07) is 15.0. The van der Waals surface area contributed by atoms with E-state index in [4.69, 9.17) is 21.1 Å². The van der Waals surface area contributed by atoms with Crippen LogP contribution < -0.4 is 0 Å². The minimum Gasteiger partial charge on any atom is -0.479 e. The Balaban J connectivity index is 2.07. The lowest BCUT2D eigenvalue weighted by Gasteiger charge is -2.18. The second-order valence-corrected chi connectivity index (χ2v) is 6.21. The van der Waals surface area contributed by atoms with Crippen LogP contribution in [0.5, 0.6) is 0 Å². The van der Waals surface area contributed by atoms with Gasteiger partial charge in [-0.2, -0.15) is 0 Å². The normalized spacial score (nSPS) is 13.0. The number of halogens is 1. The third-order valence-electron chi connectivity index (χ3n) is 3.80. The van der Waals surface area contributed by atoms with E-state index in [9.17, 15) is 14.7 Å². The molecule has 2 rings (SSSR count). The van der Waals surface area contributed by atoms with Crippen LogP contribution >= 0.6 is 11.6 Å². The van der Waals surface area contributed by atoms with Crippen LogP contribution in [0.1, 0.15) is 19.4 Å². The first-order chi connectivity index (χ1) is 12.4. The Kier molecular flexibility index (Phi) is 7.18. The molecule has 6 heteroatoms. The van der Waals surface area contributed by atoms with Gasteiger partial charge in [-0.25, -0.2) is 9.59 Å². The molecule has 0 saturated carbocycles. The first-order valence-corrected chi connectivity index (χ1v) is 8.68. The monoisotopic (exact) mass is 376 g/mol. The Morgan fingerprint density at radius 3 is 2.38 bits per heavy atom. The van der Waals surface area contributed by atoms with E-state index < -0.39 is 24.1 Å². The van der Waals surface area contributed by atoms with Gasteiger partial charge in [0.05, 0.1) is 6.61 Å². The highest BCUT2D eigenvalue weighted by Gasteiger charge is 2.25. The van der Waals surface area contributed by atoms with Gasteiger partial charge in [0, 0.05) is 11.4 Å². The van der Waals surface area contributed by atoms with Gasteiger partial charge in [-0.3, -0.25) is 0 Å². The Morgan fingerprint density at radius 1 is 1.12 bits per heavy atom. The van der Waals surface area contributed by atoms with E-state index in [1.165, 1.54) is 6.92 Å². The van der Waals surface area contributed by atoms with Crippen molar-refractivity contribution in [3.8, 4) is 11.1 Å². The topological polar surface area (TPSA) is 72.8 Å². The van der Waals surface area contributed by atoms with Crippen LogP contribution in [0, 0.1) is 0 Å². The molecule has 0 heterocycles.